The number of amides is 1. The van der Waals surface area contributed by atoms with Crippen molar-refractivity contribution in [3.8, 4) is 0 Å². The fourth-order valence-electron chi connectivity index (χ4n) is 2.12. The molecule has 1 aromatic heterocycles. The zero-order valence-electron chi connectivity index (χ0n) is 13.2. The van der Waals surface area contributed by atoms with Gasteiger partial charge >= 0.3 is 0 Å². The molecule has 0 radical (unpaired) electrons. The van der Waals surface area contributed by atoms with Gasteiger partial charge in [-0.3, -0.25) is 4.79 Å². The van der Waals surface area contributed by atoms with Crippen LogP contribution in [-0.2, 0) is 16.6 Å². The van der Waals surface area contributed by atoms with E-state index in [1.54, 1.807) is 24.3 Å². The van der Waals surface area contributed by atoms with E-state index in [1.807, 2.05) is 19.1 Å². The van der Waals surface area contributed by atoms with Crippen LogP contribution < -0.4 is 5.32 Å². The summed E-state index contributed by atoms with van der Waals surface area (Å²) in [5.74, 6) is 0.334. The Kier molecular flexibility index (Phi) is 5.57. The van der Waals surface area contributed by atoms with Gasteiger partial charge in [-0.15, -0.1) is 0 Å². The molecule has 23 heavy (non-hydrogen) atoms. The first kappa shape index (κ1) is 17.2. The van der Waals surface area contributed by atoms with E-state index >= 15 is 0 Å². The molecule has 2 rings (SSSR count). The molecule has 7 heteroatoms. The predicted octanol–water partition coefficient (Wildman–Crippen LogP) is 1.78. The first-order valence-corrected chi connectivity index (χ1v) is 9.03. The van der Waals surface area contributed by atoms with Crippen LogP contribution in [0.25, 0.3) is 0 Å². The first-order valence-electron chi connectivity index (χ1n) is 7.18. The average molecular weight is 336 g/mol. The minimum Gasteiger partial charge on any atom is -0.468 e. The molecule has 0 saturated heterocycles. The molecule has 124 valence electrons. The molecule has 0 fully saturated rings. The first-order chi connectivity index (χ1) is 10.9. The van der Waals surface area contributed by atoms with Crippen molar-refractivity contribution in [2.45, 2.75) is 13.5 Å². The van der Waals surface area contributed by atoms with Gasteiger partial charge in [-0.1, -0.05) is 17.7 Å². The lowest BCUT2D eigenvalue weighted by Crippen LogP contribution is -2.37. The monoisotopic (exact) mass is 336 g/mol. The fraction of sp³-hybridized carbons (Fsp3) is 0.312. The van der Waals surface area contributed by atoms with Crippen LogP contribution in [0.1, 0.15) is 21.7 Å². The van der Waals surface area contributed by atoms with Crippen LogP contribution in [0.3, 0.4) is 0 Å². The van der Waals surface area contributed by atoms with Crippen molar-refractivity contribution in [1.29, 1.82) is 0 Å². The molecule has 0 spiro atoms. The number of nitrogens with one attached hydrogen (secondary N) is 1. The summed E-state index contributed by atoms with van der Waals surface area (Å²) in [6, 6.07) is 10.6. The zero-order chi connectivity index (χ0) is 16.9. The Bertz CT molecular complexity index is 754. The van der Waals surface area contributed by atoms with Crippen molar-refractivity contribution in [2.24, 2.45) is 0 Å². The van der Waals surface area contributed by atoms with E-state index in [0.717, 1.165) is 11.8 Å². The summed E-state index contributed by atoms with van der Waals surface area (Å²) in [6.07, 6.45) is 2.63. The maximum Gasteiger partial charge on any atom is 0.251 e. The minimum absolute atomic E-state index is 0.145. The lowest BCUT2D eigenvalue weighted by Gasteiger charge is -2.19. The number of carbonyl (C=O) groups is 1. The third-order valence-electron chi connectivity index (χ3n) is 3.31. The quantitative estimate of drug-likeness (QED) is 0.836. The van der Waals surface area contributed by atoms with E-state index < -0.39 is 10.0 Å². The molecular formula is C16H20N2O4S. The van der Waals surface area contributed by atoms with E-state index in [9.17, 15) is 13.2 Å². The summed E-state index contributed by atoms with van der Waals surface area (Å²) in [6.45, 7) is 2.45. The molecule has 1 N–H and O–H groups in total. The Morgan fingerprint density at radius 3 is 2.65 bits per heavy atom. The molecule has 1 aromatic carbocycles. The highest BCUT2D eigenvalue weighted by atomic mass is 32.2. The fourth-order valence-corrected chi connectivity index (χ4v) is 2.91. The van der Waals surface area contributed by atoms with Crippen LogP contribution in [0.5, 0.6) is 0 Å². The number of rotatable bonds is 7. The number of hydrogen-bond acceptors (Lipinski definition) is 4. The second kappa shape index (κ2) is 7.43. The molecule has 2 aromatic rings. The van der Waals surface area contributed by atoms with Crippen molar-refractivity contribution < 1.29 is 17.6 Å². The summed E-state index contributed by atoms with van der Waals surface area (Å²) in [4.78, 5) is 12.0. The van der Waals surface area contributed by atoms with Gasteiger partial charge in [0, 0.05) is 18.7 Å². The molecule has 0 aliphatic rings. The summed E-state index contributed by atoms with van der Waals surface area (Å²) in [5.41, 5.74) is 1.55. The summed E-state index contributed by atoms with van der Waals surface area (Å²) in [7, 11) is -3.39. The van der Waals surface area contributed by atoms with Crippen molar-refractivity contribution >= 4 is 15.9 Å². The molecule has 0 atom stereocenters. The Morgan fingerprint density at radius 2 is 2.04 bits per heavy atom. The standard InChI is InChI=1S/C16H20N2O4S/c1-13-5-3-6-14(11-13)16(19)17-8-9-18(23(2,20)21)12-15-7-4-10-22-15/h3-7,10-11H,8-9,12H2,1-2H3,(H,17,19). The molecular weight excluding hydrogens is 316 g/mol. The second-order valence-corrected chi connectivity index (χ2v) is 7.28. The second-order valence-electron chi connectivity index (χ2n) is 5.30. The van der Waals surface area contributed by atoms with Crippen LogP contribution in [0.4, 0.5) is 0 Å². The number of hydrogen-bond donors (Lipinski definition) is 1. The van der Waals surface area contributed by atoms with Crippen LogP contribution in [-0.4, -0.2) is 38.0 Å². The predicted molar refractivity (Wildman–Crippen MR) is 87.5 cm³/mol. The summed E-state index contributed by atoms with van der Waals surface area (Å²) < 4.78 is 30.1. The van der Waals surface area contributed by atoms with Crippen molar-refractivity contribution in [1.82, 2.24) is 9.62 Å². The van der Waals surface area contributed by atoms with Gasteiger partial charge in [-0.05, 0) is 31.2 Å². The smallest absolute Gasteiger partial charge is 0.251 e. The van der Waals surface area contributed by atoms with Crippen LogP contribution in [0.2, 0.25) is 0 Å². The Hall–Kier alpha value is -2.12. The van der Waals surface area contributed by atoms with Gasteiger partial charge in [-0.2, -0.15) is 4.31 Å². The average Bonchev–Trinajstić information content (AvgIpc) is 2.98. The van der Waals surface area contributed by atoms with Gasteiger partial charge in [-0.25, -0.2) is 8.42 Å². The van der Waals surface area contributed by atoms with Crippen LogP contribution in [0, 0.1) is 6.92 Å². The van der Waals surface area contributed by atoms with Gasteiger partial charge in [0.25, 0.3) is 5.91 Å². The Morgan fingerprint density at radius 1 is 1.26 bits per heavy atom. The molecule has 0 saturated carbocycles. The topological polar surface area (TPSA) is 79.6 Å². The van der Waals surface area contributed by atoms with Crippen molar-refractivity contribution in [3.63, 3.8) is 0 Å². The summed E-state index contributed by atoms with van der Waals surface area (Å²) in [5, 5.41) is 2.73. The van der Waals surface area contributed by atoms with Crippen LogP contribution in [0.15, 0.2) is 47.1 Å². The Labute approximate surface area is 136 Å². The largest absolute Gasteiger partial charge is 0.468 e. The van der Waals surface area contributed by atoms with Gasteiger partial charge in [0.2, 0.25) is 10.0 Å². The maximum atomic E-state index is 12.0. The molecule has 0 bridgehead atoms. The Balaban J connectivity index is 1.92. The van der Waals surface area contributed by atoms with Crippen LogP contribution >= 0.6 is 0 Å². The maximum absolute atomic E-state index is 12.0. The lowest BCUT2D eigenvalue weighted by atomic mass is 10.1. The van der Waals surface area contributed by atoms with Gasteiger partial charge in [0.05, 0.1) is 19.1 Å². The number of carbonyl (C=O) groups excluding carboxylic acids is 1. The molecule has 0 unspecified atom stereocenters. The number of nitrogens with zero attached hydrogens (tertiary/aromatic N) is 1. The van der Waals surface area contributed by atoms with E-state index in [2.05, 4.69) is 5.32 Å². The lowest BCUT2D eigenvalue weighted by molar-refractivity contribution is 0.0951. The van der Waals surface area contributed by atoms with E-state index in [1.165, 1.54) is 10.6 Å². The highest BCUT2D eigenvalue weighted by Crippen LogP contribution is 2.08. The van der Waals surface area contributed by atoms with E-state index in [-0.39, 0.29) is 25.5 Å². The van der Waals surface area contributed by atoms with Gasteiger partial charge in [0.1, 0.15) is 5.76 Å². The SMILES string of the molecule is Cc1cccc(C(=O)NCCN(Cc2ccco2)S(C)(=O)=O)c1. The minimum atomic E-state index is -3.39. The molecule has 6 nitrogen and oxygen atoms in total. The van der Waals surface area contributed by atoms with Gasteiger partial charge in [0.15, 0.2) is 0 Å². The number of benzene rings is 1. The molecule has 0 aliphatic carbocycles. The normalized spacial score (nSPS) is 11.6. The third-order valence-corrected chi connectivity index (χ3v) is 4.56. The number of aryl methyl sites for hydroxylation is 1. The molecule has 1 heterocycles. The number of sulfonamides is 1. The summed E-state index contributed by atoms with van der Waals surface area (Å²) >= 11 is 0. The number of furan rings is 1. The van der Waals surface area contributed by atoms with E-state index in [4.69, 9.17) is 4.42 Å². The van der Waals surface area contributed by atoms with Crippen molar-refractivity contribution in [2.75, 3.05) is 19.3 Å². The van der Waals surface area contributed by atoms with Gasteiger partial charge < -0.3 is 9.73 Å². The zero-order valence-corrected chi connectivity index (χ0v) is 14.0. The molecule has 0 aliphatic heterocycles. The third kappa shape index (κ3) is 5.22. The highest BCUT2D eigenvalue weighted by molar-refractivity contribution is 7.88. The van der Waals surface area contributed by atoms with E-state index in [0.29, 0.717) is 11.3 Å². The van der Waals surface area contributed by atoms with Crippen molar-refractivity contribution in [3.05, 3.63) is 59.5 Å². The highest BCUT2D eigenvalue weighted by Gasteiger charge is 2.18. The molecule has 1 amide bonds.